The molecule has 0 aliphatic rings. The number of aromatic amines is 1. The van der Waals surface area contributed by atoms with E-state index in [0.717, 1.165) is 22.3 Å². The Kier molecular flexibility index (Phi) is 3.99. The average molecular weight is 300 g/mol. The molecule has 0 amide bonds. The van der Waals surface area contributed by atoms with Crippen molar-refractivity contribution in [2.75, 3.05) is 7.05 Å². The minimum absolute atomic E-state index is 0.216. The second-order valence-electron chi connectivity index (χ2n) is 5.09. The molecule has 0 atom stereocenters. The lowest BCUT2D eigenvalue weighted by molar-refractivity contribution is 0.629. The number of aromatic nitrogens is 1. The molecule has 0 unspecified atom stereocenters. The predicted molar refractivity (Wildman–Crippen MR) is 86.3 cm³/mol. The van der Waals surface area contributed by atoms with Crippen LogP contribution in [0.2, 0.25) is 0 Å². The molecule has 108 valence electrons. The largest absolute Gasteiger partial charge is 0.360 e. The number of hydrogen-bond donors (Lipinski definition) is 2. The molecule has 0 saturated heterocycles. The lowest BCUT2D eigenvalue weighted by Crippen LogP contribution is -2.06. The van der Waals surface area contributed by atoms with Gasteiger partial charge in [-0.3, -0.25) is 0 Å². The number of aryl methyl sites for hydroxylation is 1. The highest BCUT2D eigenvalue weighted by Crippen LogP contribution is 2.35. The van der Waals surface area contributed by atoms with E-state index in [-0.39, 0.29) is 5.82 Å². The van der Waals surface area contributed by atoms with Gasteiger partial charge in [0.15, 0.2) is 0 Å². The normalized spacial score (nSPS) is 11.2. The summed E-state index contributed by atoms with van der Waals surface area (Å²) in [4.78, 5) is 5.47. The summed E-state index contributed by atoms with van der Waals surface area (Å²) in [5.74, 6) is -0.216. The molecule has 3 aromatic rings. The van der Waals surface area contributed by atoms with Crippen LogP contribution in [0.4, 0.5) is 4.39 Å². The highest BCUT2D eigenvalue weighted by Gasteiger charge is 2.09. The van der Waals surface area contributed by atoms with Gasteiger partial charge in [0.05, 0.1) is 0 Å². The molecule has 0 bridgehead atoms. The Labute approximate surface area is 127 Å². The molecule has 2 aromatic carbocycles. The van der Waals surface area contributed by atoms with Crippen LogP contribution in [0.5, 0.6) is 0 Å². The number of benzene rings is 2. The maximum atomic E-state index is 13.2. The van der Waals surface area contributed by atoms with Gasteiger partial charge in [-0.1, -0.05) is 29.5 Å². The van der Waals surface area contributed by atoms with Gasteiger partial charge in [-0.05, 0) is 43.8 Å². The van der Waals surface area contributed by atoms with Gasteiger partial charge in [0.2, 0.25) is 0 Å². The Bertz CT molecular complexity index is 780. The van der Waals surface area contributed by atoms with Crippen LogP contribution < -0.4 is 5.32 Å². The zero-order valence-corrected chi connectivity index (χ0v) is 12.9. The summed E-state index contributed by atoms with van der Waals surface area (Å²) in [7, 11) is 1.95. The summed E-state index contributed by atoms with van der Waals surface area (Å²) >= 11 is 1.71. The predicted octanol–water partition coefficient (Wildman–Crippen LogP) is 4.49. The third-order valence-electron chi connectivity index (χ3n) is 3.41. The molecule has 2 nitrogen and oxygen atoms in total. The van der Waals surface area contributed by atoms with Crippen molar-refractivity contribution in [3.05, 3.63) is 59.5 Å². The van der Waals surface area contributed by atoms with Gasteiger partial charge >= 0.3 is 0 Å². The van der Waals surface area contributed by atoms with Gasteiger partial charge in [-0.15, -0.1) is 0 Å². The van der Waals surface area contributed by atoms with Crippen molar-refractivity contribution in [1.82, 2.24) is 10.3 Å². The van der Waals surface area contributed by atoms with Crippen molar-refractivity contribution in [3.8, 4) is 0 Å². The van der Waals surface area contributed by atoms with Crippen molar-refractivity contribution < 1.29 is 4.39 Å². The molecular formula is C17H17FN2S. The first-order valence-electron chi connectivity index (χ1n) is 6.86. The Morgan fingerprint density at radius 2 is 2.00 bits per heavy atom. The van der Waals surface area contributed by atoms with Crippen LogP contribution in [0.3, 0.4) is 0 Å². The van der Waals surface area contributed by atoms with Gasteiger partial charge in [-0.25, -0.2) is 4.39 Å². The van der Waals surface area contributed by atoms with Crippen LogP contribution in [0.15, 0.2) is 52.4 Å². The van der Waals surface area contributed by atoms with Crippen LogP contribution in [-0.2, 0) is 6.54 Å². The van der Waals surface area contributed by atoms with E-state index >= 15 is 0 Å². The molecule has 1 heterocycles. The third kappa shape index (κ3) is 2.96. The quantitative estimate of drug-likeness (QED) is 0.743. The second-order valence-corrected chi connectivity index (χ2v) is 6.17. The highest BCUT2D eigenvalue weighted by atomic mass is 32.2. The van der Waals surface area contributed by atoms with Gasteiger partial charge in [0, 0.05) is 33.4 Å². The lowest BCUT2D eigenvalue weighted by atomic mass is 10.1. The molecule has 0 radical (unpaired) electrons. The summed E-state index contributed by atoms with van der Waals surface area (Å²) in [6.07, 6.45) is 1.94. The van der Waals surface area contributed by atoms with Crippen molar-refractivity contribution in [2.24, 2.45) is 0 Å². The van der Waals surface area contributed by atoms with E-state index in [0.29, 0.717) is 0 Å². The fourth-order valence-corrected chi connectivity index (χ4v) is 3.45. The third-order valence-corrected chi connectivity index (χ3v) is 4.58. The summed E-state index contributed by atoms with van der Waals surface area (Å²) in [5, 5.41) is 4.26. The number of H-pyrrole nitrogens is 1. The second kappa shape index (κ2) is 5.92. The Balaban J connectivity index is 1.98. The van der Waals surface area contributed by atoms with Gasteiger partial charge in [0.25, 0.3) is 0 Å². The van der Waals surface area contributed by atoms with Crippen LogP contribution >= 0.6 is 11.8 Å². The topological polar surface area (TPSA) is 27.8 Å². The smallest absolute Gasteiger partial charge is 0.125 e. The molecule has 2 N–H and O–H groups in total. The molecule has 1 aromatic heterocycles. The first-order valence-corrected chi connectivity index (χ1v) is 7.67. The van der Waals surface area contributed by atoms with Crippen LogP contribution in [0.1, 0.15) is 11.1 Å². The number of hydrogen-bond acceptors (Lipinski definition) is 2. The zero-order chi connectivity index (χ0) is 14.8. The molecular weight excluding hydrogens is 283 g/mol. The van der Waals surface area contributed by atoms with Crippen molar-refractivity contribution in [3.63, 3.8) is 0 Å². The summed E-state index contributed by atoms with van der Waals surface area (Å²) in [5.41, 5.74) is 3.37. The fourth-order valence-electron chi connectivity index (χ4n) is 2.41. The molecule has 3 rings (SSSR count). The van der Waals surface area contributed by atoms with Crippen molar-refractivity contribution in [2.45, 2.75) is 23.3 Å². The van der Waals surface area contributed by atoms with Crippen LogP contribution in [0, 0.1) is 12.7 Å². The fraction of sp³-hybridized carbons (Fsp3) is 0.176. The highest BCUT2D eigenvalue weighted by molar-refractivity contribution is 7.99. The van der Waals surface area contributed by atoms with E-state index in [1.165, 1.54) is 28.2 Å². The van der Waals surface area contributed by atoms with E-state index in [2.05, 4.69) is 35.4 Å². The summed E-state index contributed by atoms with van der Waals surface area (Å²) < 4.78 is 13.2. The number of fused-ring (bicyclic) bond motifs is 1. The molecule has 0 fully saturated rings. The summed E-state index contributed by atoms with van der Waals surface area (Å²) in [6.45, 7) is 2.93. The standard InChI is InChI=1S/C17H17FN2S/c1-11-3-6-16(12(7-11)9-19-2)21-17-10-20-15-8-13(18)4-5-14(15)17/h3-8,10,19-20H,9H2,1-2H3. The van der Waals surface area contributed by atoms with Crippen LogP contribution in [0.25, 0.3) is 10.9 Å². The average Bonchev–Trinajstić information content (AvgIpc) is 2.84. The number of nitrogens with one attached hydrogen (secondary N) is 2. The first-order chi connectivity index (χ1) is 10.2. The molecule has 0 saturated carbocycles. The van der Waals surface area contributed by atoms with Crippen LogP contribution in [-0.4, -0.2) is 12.0 Å². The molecule has 0 spiro atoms. The van der Waals surface area contributed by atoms with Gasteiger partial charge in [0.1, 0.15) is 5.82 Å². The van der Waals surface area contributed by atoms with E-state index in [9.17, 15) is 4.39 Å². The monoisotopic (exact) mass is 300 g/mol. The van der Waals surface area contributed by atoms with E-state index < -0.39 is 0 Å². The minimum Gasteiger partial charge on any atom is -0.360 e. The SMILES string of the molecule is CNCc1cc(C)ccc1Sc1c[nH]c2cc(F)ccc12. The minimum atomic E-state index is -0.216. The molecule has 0 aliphatic heterocycles. The van der Waals surface area contributed by atoms with E-state index in [1.807, 2.05) is 19.3 Å². The Morgan fingerprint density at radius 1 is 1.14 bits per heavy atom. The van der Waals surface area contributed by atoms with Gasteiger partial charge < -0.3 is 10.3 Å². The maximum absolute atomic E-state index is 13.2. The summed E-state index contributed by atoms with van der Waals surface area (Å²) in [6, 6.07) is 11.3. The Morgan fingerprint density at radius 3 is 2.81 bits per heavy atom. The van der Waals surface area contributed by atoms with Gasteiger partial charge in [-0.2, -0.15) is 0 Å². The number of rotatable bonds is 4. The first kappa shape index (κ1) is 14.2. The maximum Gasteiger partial charge on any atom is 0.125 e. The van der Waals surface area contributed by atoms with E-state index in [4.69, 9.17) is 0 Å². The van der Waals surface area contributed by atoms with Crippen molar-refractivity contribution >= 4 is 22.7 Å². The molecule has 4 heteroatoms. The lowest BCUT2D eigenvalue weighted by Gasteiger charge is -2.09. The molecule has 21 heavy (non-hydrogen) atoms. The van der Waals surface area contributed by atoms with E-state index in [1.54, 1.807) is 11.8 Å². The molecule has 0 aliphatic carbocycles. The zero-order valence-electron chi connectivity index (χ0n) is 12.0. The van der Waals surface area contributed by atoms with Crippen molar-refractivity contribution in [1.29, 1.82) is 0 Å². The Hall–Kier alpha value is -1.78. The number of halogens is 1.